The highest BCUT2D eigenvalue weighted by Crippen LogP contribution is 2.62. The van der Waals surface area contributed by atoms with Crippen LogP contribution in [0.5, 0.6) is 11.5 Å². The molecule has 3 aromatic rings. The fourth-order valence-corrected chi connectivity index (χ4v) is 10.8. The highest BCUT2D eigenvalue weighted by atomic mass is 16.7. The first-order valence-electron chi connectivity index (χ1n) is 24.6. The molecule has 1 amide bonds. The Bertz CT molecular complexity index is 2010. The number of unbranched alkanes of at least 4 members (excludes halogenated alkanes) is 10. The van der Waals surface area contributed by atoms with Gasteiger partial charge >= 0.3 is 0 Å². The number of carbonyl (C=O) groups excluding carboxylic acids is 1. The lowest BCUT2D eigenvalue weighted by atomic mass is 9.55. The smallest absolute Gasteiger partial charge is 0.239 e. The second kappa shape index (κ2) is 25.3. The molecule has 6 unspecified atom stereocenters. The van der Waals surface area contributed by atoms with E-state index in [1.807, 2.05) is 19.1 Å². The van der Waals surface area contributed by atoms with Gasteiger partial charge in [-0.2, -0.15) is 0 Å². The molecule has 0 spiro atoms. The number of allylic oxidation sites excluding steroid dienone is 1. The van der Waals surface area contributed by atoms with Gasteiger partial charge in [-0.05, 0) is 91.0 Å². The van der Waals surface area contributed by atoms with Crippen molar-refractivity contribution in [1.82, 2.24) is 4.90 Å². The minimum absolute atomic E-state index is 0.0713. The molecule has 1 fully saturated rings. The monoisotopic (exact) mass is 877 g/mol. The number of nitrogens with zero attached hydrogens (tertiary/aromatic N) is 2. The van der Waals surface area contributed by atoms with Gasteiger partial charge in [0.15, 0.2) is 0 Å². The summed E-state index contributed by atoms with van der Waals surface area (Å²) < 4.78 is 20.9. The van der Waals surface area contributed by atoms with Crippen LogP contribution in [0, 0.1) is 17.8 Å². The SMILES string of the molecule is C=CCOc1ccc2c(c1)C1C(CCCCO)C(CCCCO)C=C3C(=NOCC)CC(N(Cc4cccc5ccccc45)C(=O)CCCCCCCCCCC)C(OCC=C)(O2)C31. The fourth-order valence-electron chi connectivity index (χ4n) is 10.8. The molecule has 2 N–H and O–H groups in total. The Kier molecular flexibility index (Phi) is 19.4. The molecule has 0 bridgehead atoms. The van der Waals surface area contributed by atoms with E-state index in [9.17, 15) is 10.2 Å². The van der Waals surface area contributed by atoms with E-state index in [2.05, 4.69) is 79.6 Å². The molecule has 64 heavy (non-hydrogen) atoms. The predicted molar refractivity (Wildman–Crippen MR) is 259 cm³/mol. The topological polar surface area (TPSA) is 110 Å². The average molecular weight is 877 g/mol. The van der Waals surface area contributed by atoms with Crippen LogP contribution in [-0.2, 0) is 20.9 Å². The highest BCUT2D eigenvalue weighted by Gasteiger charge is 2.65. The fraction of sp³-hybridized carbons (Fsp3) is 0.564. The largest absolute Gasteiger partial charge is 0.490 e. The first-order valence-corrected chi connectivity index (χ1v) is 24.6. The third-order valence-electron chi connectivity index (χ3n) is 13.7. The van der Waals surface area contributed by atoms with Gasteiger partial charge in [-0.3, -0.25) is 4.79 Å². The van der Waals surface area contributed by atoms with Crippen molar-refractivity contribution in [3.8, 4) is 11.5 Å². The molecule has 9 heteroatoms. The maximum Gasteiger partial charge on any atom is 0.239 e. The predicted octanol–water partition coefficient (Wildman–Crippen LogP) is 12.0. The number of oxime groups is 1. The molecular formula is C55H76N2O7. The Balaban J connectivity index is 1.51. The number of ether oxygens (including phenoxy) is 3. The minimum atomic E-state index is -1.32. The van der Waals surface area contributed by atoms with Crippen LogP contribution in [0.1, 0.15) is 140 Å². The van der Waals surface area contributed by atoms with E-state index in [1.54, 1.807) is 12.2 Å². The van der Waals surface area contributed by atoms with Crippen molar-refractivity contribution in [2.24, 2.45) is 22.9 Å². The molecule has 3 aromatic carbocycles. The maximum atomic E-state index is 15.3. The highest BCUT2D eigenvalue weighted by molar-refractivity contribution is 6.03. The lowest BCUT2D eigenvalue weighted by Crippen LogP contribution is -2.70. The van der Waals surface area contributed by atoms with E-state index in [0.29, 0.717) is 44.8 Å². The van der Waals surface area contributed by atoms with Crippen molar-refractivity contribution < 1.29 is 34.1 Å². The Morgan fingerprint density at radius 1 is 0.859 bits per heavy atom. The van der Waals surface area contributed by atoms with Crippen LogP contribution in [0.4, 0.5) is 0 Å². The zero-order valence-electron chi connectivity index (χ0n) is 38.9. The van der Waals surface area contributed by atoms with Crippen molar-refractivity contribution in [2.45, 2.75) is 147 Å². The van der Waals surface area contributed by atoms with E-state index in [1.165, 1.54) is 38.5 Å². The Hall–Kier alpha value is -4.44. The van der Waals surface area contributed by atoms with E-state index < -0.39 is 11.8 Å². The van der Waals surface area contributed by atoms with Crippen molar-refractivity contribution in [3.63, 3.8) is 0 Å². The summed E-state index contributed by atoms with van der Waals surface area (Å²) in [7, 11) is 0. The molecule has 6 atom stereocenters. The van der Waals surface area contributed by atoms with Crippen LogP contribution in [0.25, 0.3) is 10.8 Å². The van der Waals surface area contributed by atoms with Crippen molar-refractivity contribution in [1.29, 1.82) is 0 Å². The van der Waals surface area contributed by atoms with Gasteiger partial charge in [0.25, 0.3) is 0 Å². The summed E-state index contributed by atoms with van der Waals surface area (Å²) in [5, 5.41) is 27.1. The number of benzene rings is 3. The molecular weight excluding hydrogens is 801 g/mol. The summed E-state index contributed by atoms with van der Waals surface area (Å²) in [5.41, 5.74) is 3.94. The molecule has 1 saturated carbocycles. The zero-order valence-corrected chi connectivity index (χ0v) is 38.9. The Morgan fingerprint density at radius 2 is 1.58 bits per heavy atom. The normalized spacial score (nSPS) is 22.8. The van der Waals surface area contributed by atoms with Crippen LogP contribution in [-0.4, -0.2) is 71.6 Å². The molecule has 2 aliphatic carbocycles. The van der Waals surface area contributed by atoms with Gasteiger partial charge < -0.3 is 34.2 Å². The summed E-state index contributed by atoms with van der Waals surface area (Å²) in [6.45, 7) is 13.8. The lowest BCUT2D eigenvalue weighted by Gasteiger charge is -2.60. The van der Waals surface area contributed by atoms with Gasteiger partial charge in [0.05, 0.1) is 18.2 Å². The molecule has 6 rings (SSSR count). The molecule has 348 valence electrons. The second-order valence-corrected chi connectivity index (χ2v) is 18.0. The number of fused-ring (bicyclic) bond motifs is 3. The quantitative estimate of drug-likeness (QED) is 0.0406. The van der Waals surface area contributed by atoms with E-state index in [0.717, 1.165) is 90.3 Å². The van der Waals surface area contributed by atoms with E-state index >= 15 is 4.79 Å². The van der Waals surface area contributed by atoms with Crippen LogP contribution >= 0.6 is 0 Å². The summed E-state index contributed by atoms with van der Waals surface area (Å²) in [4.78, 5) is 23.4. The van der Waals surface area contributed by atoms with Crippen LogP contribution in [0.2, 0.25) is 0 Å². The molecule has 1 heterocycles. The maximum absolute atomic E-state index is 15.3. The zero-order chi connectivity index (χ0) is 45.2. The third-order valence-corrected chi connectivity index (χ3v) is 13.7. The molecule has 3 aliphatic rings. The van der Waals surface area contributed by atoms with E-state index in [-0.39, 0.29) is 49.4 Å². The molecule has 0 aromatic heterocycles. The van der Waals surface area contributed by atoms with Gasteiger partial charge in [-0.25, -0.2) is 0 Å². The number of aliphatic hydroxyl groups excluding tert-OH is 2. The molecule has 1 aliphatic heterocycles. The van der Waals surface area contributed by atoms with Crippen molar-refractivity contribution in [3.05, 3.63) is 109 Å². The number of rotatable bonds is 29. The van der Waals surface area contributed by atoms with Crippen LogP contribution < -0.4 is 9.47 Å². The minimum Gasteiger partial charge on any atom is -0.490 e. The molecule has 0 saturated heterocycles. The third kappa shape index (κ3) is 11.9. The number of hydrogen-bond acceptors (Lipinski definition) is 8. The Morgan fingerprint density at radius 3 is 2.31 bits per heavy atom. The summed E-state index contributed by atoms with van der Waals surface area (Å²) in [5.74, 6) is -0.0434. The summed E-state index contributed by atoms with van der Waals surface area (Å²) in [6.07, 6.45) is 22.1. The number of amides is 1. The Labute approximate surface area is 383 Å². The number of hydrogen-bond donors (Lipinski definition) is 2. The number of carbonyl (C=O) groups is 1. The van der Waals surface area contributed by atoms with Gasteiger partial charge in [-0.1, -0.05) is 144 Å². The average Bonchev–Trinajstić information content (AvgIpc) is 3.31. The number of aliphatic hydroxyl groups is 2. The van der Waals surface area contributed by atoms with Gasteiger partial charge in [0.2, 0.25) is 11.7 Å². The van der Waals surface area contributed by atoms with Crippen LogP contribution in [0.3, 0.4) is 0 Å². The first-order chi connectivity index (χ1) is 31.4. The van der Waals surface area contributed by atoms with Crippen molar-refractivity contribution >= 4 is 22.4 Å². The first kappa shape index (κ1) is 49.0. The van der Waals surface area contributed by atoms with Gasteiger partial charge in [0.1, 0.15) is 30.8 Å². The lowest BCUT2D eigenvalue weighted by molar-refractivity contribution is -0.258. The van der Waals surface area contributed by atoms with Gasteiger partial charge in [-0.15, -0.1) is 6.58 Å². The summed E-state index contributed by atoms with van der Waals surface area (Å²) in [6, 6.07) is 20.2. The molecule has 0 radical (unpaired) electrons. The van der Waals surface area contributed by atoms with Crippen LogP contribution in [0.15, 0.2) is 103 Å². The van der Waals surface area contributed by atoms with Gasteiger partial charge in [0, 0.05) is 44.1 Å². The standard InChI is InChI=1S/C55H76N2O7/c1-5-9-10-11-12-13-14-15-16-30-52(60)57(40-43-27-23-26-41-24-17-18-28-45(41)43)51-39-49(56-63-8-4)47-37-42(25-19-21-33-58)46(29-20-22-34-59)53-48-38-44(61-35-6-2)31-32-50(48)64-55(51,54(47)53)62-36-7-3/h6-7,17-18,23-24,26-28,31-32,37-38,42,46,51,53-54,58-59H,2-3,5,8-16,19-22,25,29-30,33-36,39-40H2,1,4H3. The van der Waals surface area contributed by atoms with E-state index in [4.69, 9.17) is 24.2 Å². The molecule has 9 nitrogen and oxygen atoms in total. The van der Waals surface area contributed by atoms with Crippen molar-refractivity contribution in [2.75, 3.05) is 33.0 Å². The second-order valence-electron chi connectivity index (χ2n) is 18.0. The summed E-state index contributed by atoms with van der Waals surface area (Å²) >= 11 is 0.